The van der Waals surface area contributed by atoms with Crippen LogP contribution >= 0.6 is 23.4 Å². The third kappa shape index (κ3) is 4.30. The Kier molecular flexibility index (Phi) is 5.87. The summed E-state index contributed by atoms with van der Waals surface area (Å²) in [6.45, 7) is 0. The Morgan fingerprint density at radius 2 is 1.76 bits per heavy atom. The lowest BCUT2D eigenvalue weighted by Crippen LogP contribution is -2.15. The number of carbonyl (C=O) groups excluding carboxylic acids is 2. The van der Waals surface area contributed by atoms with Crippen molar-refractivity contribution in [3.63, 3.8) is 0 Å². The molecule has 168 valence electrons. The van der Waals surface area contributed by atoms with E-state index in [1.165, 1.54) is 11.8 Å². The number of imidazole rings is 1. The molecule has 5 aromatic rings. The number of hydrogen-bond donors (Lipinski definition) is 2. The maximum absolute atomic E-state index is 12.6. The molecule has 0 aliphatic heterocycles. The van der Waals surface area contributed by atoms with Crippen molar-refractivity contribution in [2.45, 2.75) is 5.16 Å². The first-order chi connectivity index (χ1) is 16.5. The molecule has 34 heavy (non-hydrogen) atoms. The minimum Gasteiger partial charge on any atom is -0.366 e. The summed E-state index contributed by atoms with van der Waals surface area (Å²) in [6, 6.07) is 20.4. The lowest BCUT2D eigenvalue weighted by Gasteiger charge is -2.12. The standard InChI is InChI=1S/C24H17ClN6O2S/c25-23-27-12-18-22(30-23)31(19-7-3-5-14-4-1-2-6-17(14)19)24(29-18)34-13-20(32)28-16-10-8-15(9-11-16)21(26)33/h1-12H,13H2,(H2,26,33)(H,28,32). The van der Waals surface area contributed by atoms with E-state index in [2.05, 4.69) is 20.3 Å². The van der Waals surface area contributed by atoms with Gasteiger partial charge in [0, 0.05) is 16.6 Å². The van der Waals surface area contributed by atoms with Crippen molar-refractivity contribution < 1.29 is 9.59 Å². The average molecular weight is 489 g/mol. The van der Waals surface area contributed by atoms with Crippen LogP contribution in [0.5, 0.6) is 0 Å². The van der Waals surface area contributed by atoms with Crippen molar-refractivity contribution in [3.8, 4) is 5.69 Å². The van der Waals surface area contributed by atoms with Crippen LogP contribution in [0.1, 0.15) is 10.4 Å². The van der Waals surface area contributed by atoms with E-state index in [9.17, 15) is 9.59 Å². The number of amides is 2. The zero-order valence-corrected chi connectivity index (χ0v) is 19.2. The van der Waals surface area contributed by atoms with Crippen LogP contribution in [-0.4, -0.2) is 37.1 Å². The molecule has 0 saturated carbocycles. The summed E-state index contributed by atoms with van der Waals surface area (Å²) < 4.78 is 1.89. The molecular weight excluding hydrogens is 472 g/mol. The predicted octanol–water partition coefficient (Wildman–Crippen LogP) is 4.45. The predicted molar refractivity (Wildman–Crippen MR) is 133 cm³/mol. The van der Waals surface area contributed by atoms with Crippen molar-refractivity contribution in [1.29, 1.82) is 0 Å². The molecule has 2 aromatic heterocycles. The summed E-state index contributed by atoms with van der Waals surface area (Å²) in [5.41, 5.74) is 8.20. The van der Waals surface area contributed by atoms with Gasteiger partial charge in [-0.05, 0) is 47.3 Å². The van der Waals surface area contributed by atoms with Gasteiger partial charge in [-0.1, -0.05) is 48.2 Å². The Balaban J connectivity index is 1.47. The minimum atomic E-state index is -0.524. The van der Waals surface area contributed by atoms with Gasteiger partial charge in [-0.25, -0.2) is 9.97 Å². The molecule has 0 fully saturated rings. The topological polar surface area (TPSA) is 116 Å². The molecular formula is C24H17ClN6O2S. The monoisotopic (exact) mass is 488 g/mol. The SMILES string of the molecule is NC(=O)c1ccc(NC(=O)CSc2nc3cnc(Cl)nc3n2-c2cccc3ccccc23)cc1. The molecule has 8 nitrogen and oxygen atoms in total. The Hall–Kier alpha value is -3.95. The number of rotatable bonds is 6. The van der Waals surface area contributed by atoms with Crippen LogP contribution in [0, 0.1) is 0 Å². The first kappa shape index (κ1) is 21.9. The lowest BCUT2D eigenvalue weighted by atomic mass is 10.1. The first-order valence-electron chi connectivity index (χ1n) is 10.2. The number of nitrogens with two attached hydrogens (primary N) is 1. The van der Waals surface area contributed by atoms with Crippen LogP contribution in [0.15, 0.2) is 78.1 Å². The highest BCUT2D eigenvalue weighted by molar-refractivity contribution is 7.99. The van der Waals surface area contributed by atoms with E-state index in [1.807, 2.05) is 47.0 Å². The van der Waals surface area contributed by atoms with E-state index >= 15 is 0 Å². The van der Waals surface area contributed by atoms with Gasteiger partial charge in [-0.3, -0.25) is 14.2 Å². The highest BCUT2D eigenvalue weighted by atomic mass is 35.5. The number of anilines is 1. The fourth-order valence-corrected chi connectivity index (χ4v) is 4.53. The van der Waals surface area contributed by atoms with Crippen molar-refractivity contribution >= 4 is 62.8 Å². The summed E-state index contributed by atoms with van der Waals surface area (Å²) in [4.78, 5) is 37.0. The fraction of sp³-hybridized carbons (Fsp3) is 0.0417. The molecule has 0 atom stereocenters. The Morgan fingerprint density at radius 1 is 1.00 bits per heavy atom. The van der Waals surface area contributed by atoms with Crippen LogP contribution in [-0.2, 0) is 4.79 Å². The van der Waals surface area contributed by atoms with Crippen LogP contribution in [0.2, 0.25) is 5.28 Å². The highest BCUT2D eigenvalue weighted by Gasteiger charge is 2.18. The molecule has 3 N–H and O–H groups in total. The number of thioether (sulfide) groups is 1. The number of primary amides is 1. The molecule has 10 heteroatoms. The maximum atomic E-state index is 12.6. The van der Waals surface area contributed by atoms with E-state index in [-0.39, 0.29) is 16.9 Å². The summed E-state index contributed by atoms with van der Waals surface area (Å²) in [7, 11) is 0. The molecule has 2 amide bonds. The molecule has 0 radical (unpaired) electrons. The normalized spacial score (nSPS) is 11.1. The molecule has 0 saturated heterocycles. The second kappa shape index (κ2) is 9.12. The fourth-order valence-electron chi connectivity index (χ4n) is 3.59. The van der Waals surface area contributed by atoms with Gasteiger partial charge < -0.3 is 11.1 Å². The quantitative estimate of drug-likeness (QED) is 0.269. The number of nitrogens with one attached hydrogen (secondary N) is 1. The van der Waals surface area contributed by atoms with Gasteiger partial charge in [-0.2, -0.15) is 4.98 Å². The van der Waals surface area contributed by atoms with Crippen LogP contribution in [0.3, 0.4) is 0 Å². The number of benzene rings is 3. The van der Waals surface area contributed by atoms with Gasteiger partial charge in [0.15, 0.2) is 10.8 Å². The molecule has 0 bridgehead atoms. The Bertz CT molecular complexity index is 1550. The molecule has 5 rings (SSSR count). The Labute approximate surface area is 203 Å². The molecule has 0 spiro atoms. The second-order valence-electron chi connectivity index (χ2n) is 7.35. The van der Waals surface area contributed by atoms with Crippen molar-refractivity contribution in [2.24, 2.45) is 5.73 Å². The number of fused-ring (bicyclic) bond motifs is 2. The minimum absolute atomic E-state index is 0.104. The molecule has 2 heterocycles. The van der Waals surface area contributed by atoms with Gasteiger partial charge in [0.2, 0.25) is 17.1 Å². The summed E-state index contributed by atoms with van der Waals surface area (Å²) >= 11 is 7.36. The third-order valence-electron chi connectivity index (χ3n) is 5.13. The average Bonchev–Trinajstić information content (AvgIpc) is 3.20. The summed E-state index contributed by atoms with van der Waals surface area (Å²) in [5.74, 6) is -0.645. The number of halogens is 1. The van der Waals surface area contributed by atoms with Crippen LogP contribution in [0.25, 0.3) is 27.6 Å². The van der Waals surface area contributed by atoms with Gasteiger partial charge in [-0.15, -0.1) is 0 Å². The second-order valence-corrected chi connectivity index (χ2v) is 8.63. The van der Waals surface area contributed by atoms with Gasteiger partial charge in [0.25, 0.3) is 0 Å². The Morgan fingerprint density at radius 3 is 2.56 bits per heavy atom. The van der Waals surface area contributed by atoms with E-state index in [4.69, 9.17) is 17.3 Å². The maximum Gasteiger partial charge on any atom is 0.248 e. The van der Waals surface area contributed by atoms with Gasteiger partial charge >= 0.3 is 0 Å². The molecule has 3 aromatic carbocycles. The number of hydrogen-bond acceptors (Lipinski definition) is 6. The molecule has 0 aliphatic rings. The summed E-state index contributed by atoms with van der Waals surface area (Å²) in [5, 5.41) is 5.59. The van der Waals surface area contributed by atoms with Crippen molar-refractivity contribution in [1.82, 2.24) is 19.5 Å². The summed E-state index contributed by atoms with van der Waals surface area (Å²) in [6.07, 6.45) is 1.57. The molecule has 0 aliphatic carbocycles. The number of aromatic nitrogens is 4. The van der Waals surface area contributed by atoms with Crippen LogP contribution in [0.4, 0.5) is 5.69 Å². The zero-order valence-electron chi connectivity index (χ0n) is 17.6. The van der Waals surface area contributed by atoms with Gasteiger partial charge in [0.05, 0.1) is 17.6 Å². The number of carbonyl (C=O) groups is 2. The van der Waals surface area contributed by atoms with E-state index in [0.29, 0.717) is 27.6 Å². The van der Waals surface area contributed by atoms with Crippen molar-refractivity contribution in [2.75, 3.05) is 11.1 Å². The molecule has 0 unspecified atom stereocenters. The number of nitrogens with zero attached hydrogens (tertiary/aromatic N) is 4. The van der Waals surface area contributed by atoms with Crippen molar-refractivity contribution in [3.05, 3.63) is 83.8 Å². The van der Waals surface area contributed by atoms with Crippen LogP contribution < -0.4 is 11.1 Å². The zero-order chi connectivity index (χ0) is 23.7. The van der Waals surface area contributed by atoms with Gasteiger partial charge in [0.1, 0.15) is 5.52 Å². The largest absolute Gasteiger partial charge is 0.366 e. The van der Waals surface area contributed by atoms with E-state index in [1.54, 1.807) is 30.5 Å². The smallest absolute Gasteiger partial charge is 0.248 e. The third-order valence-corrected chi connectivity index (χ3v) is 6.25. The van der Waals surface area contributed by atoms with E-state index < -0.39 is 5.91 Å². The highest BCUT2D eigenvalue weighted by Crippen LogP contribution is 2.31. The lowest BCUT2D eigenvalue weighted by molar-refractivity contribution is -0.113. The van der Waals surface area contributed by atoms with E-state index in [0.717, 1.165) is 16.5 Å². The first-order valence-corrected chi connectivity index (χ1v) is 11.6.